The molecule has 2 N–H and O–H groups in total. The van der Waals surface area contributed by atoms with Gasteiger partial charge in [-0.05, 0) is 25.3 Å². The molecule has 0 aromatic rings. The lowest BCUT2D eigenvalue weighted by atomic mass is 9.95. The van der Waals surface area contributed by atoms with Crippen molar-refractivity contribution in [1.29, 1.82) is 0 Å². The third-order valence-electron chi connectivity index (χ3n) is 3.97. The average molecular weight is 289 g/mol. The molecule has 2 atom stereocenters. The molecule has 0 aromatic heterocycles. The van der Waals surface area contributed by atoms with Crippen molar-refractivity contribution in [3.05, 3.63) is 0 Å². The number of amides is 1. The van der Waals surface area contributed by atoms with Crippen molar-refractivity contribution < 1.29 is 13.2 Å². The summed E-state index contributed by atoms with van der Waals surface area (Å²) in [7, 11) is -3.09. The minimum atomic E-state index is -3.09. The standard InChI is InChI=1S/C12H23N3O3S/c1-10-3-5-13-9-11(10)14-12(16)4-7-15-6-2-8-19(15,17)18/h10-11,13H,2-9H2,1H3,(H,14,16). The van der Waals surface area contributed by atoms with Gasteiger partial charge in [-0.25, -0.2) is 12.7 Å². The van der Waals surface area contributed by atoms with E-state index in [4.69, 9.17) is 0 Å². The Morgan fingerprint density at radius 1 is 1.47 bits per heavy atom. The highest BCUT2D eigenvalue weighted by Crippen LogP contribution is 2.14. The fourth-order valence-electron chi connectivity index (χ4n) is 2.63. The van der Waals surface area contributed by atoms with Gasteiger partial charge in [-0.3, -0.25) is 4.79 Å². The normalized spacial score (nSPS) is 31.2. The monoisotopic (exact) mass is 289 g/mol. The predicted octanol–water partition coefficient (Wildman–Crippen LogP) is -0.474. The van der Waals surface area contributed by atoms with E-state index in [1.807, 2.05) is 0 Å². The van der Waals surface area contributed by atoms with E-state index in [1.54, 1.807) is 0 Å². The summed E-state index contributed by atoms with van der Waals surface area (Å²) >= 11 is 0. The van der Waals surface area contributed by atoms with Gasteiger partial charge >= 0.3 is 0 Å². The number of hydrogen-bond donors (Lipinski definition) is 2. The first-order valence-electron chi connectivity index (χ1n) is 6.97. The van der Waals surface area contributed by atoms with Crippen LogP contribution in [0.15, 0.2) is 0 Å². The Bertz CT molecular complexity index is 424. The zero-order chi connectivity index (χ0) is 13.9. The van der Waals surface area contributed by atoms with Gasteiger partial charge in [0.15, 0.2) is 0 Å². The number of hydrogen-bond acceptors (Lipinski definition) is 4. The molecule has 0 aromatic carbocycles. The lowest BCUT2D eigenvalue weighted by Crippen LogP contribution is -2.50. The van der Waals surface area contributed by atoms with Gasteiger partial charge in [-0.15, -0.1) is 0 Å². The van der Waals surface area contributed by atoms with Crippen LogP contribution in [0, 0.1) is 5.92 Å². The summed E-state index contributed by atoms with van der Waals surface area (Å²) in [5, 5.41) is 6.26. The van der Waals surface area contributed by atoms with Crippen molar-refractivity contribution >= 4 is 15.9 Å². The Hall–Kier alpha value is -0.660. The second kappa shape index (κ2) is 6.19. The first-order chi connectivity index (χ1) is 8.99. The first-order valence-corrected chi connectivity index (χ1v) is 8.58. The molecule has 2 rings (SSSR count). The van der Waals surface area contributed by atoms with Crippen LogP contribution in [0.3, 0.4) is 0 Å². The zero-order valence-corrected chi connectivity index (χ0v) is 12.2. The van der Waals surface area contributed by atoms with Crippen LogP contribution in [0.25, 0.3) is 0 Å². The largest absolute Gasteiger partial charge is 0.352 e. The van der Waals surface area contributed by atoms with E-state index in [0.717, 1.165) is 19.5 Å². The summed E-state index contributed by atoms with van der Waals surface area (Å²) < 4.78 is 24.6. The lowest BCUT2D eigenvalue weighted by molar-refractivity contribution is -0.122. The number of carbonyl (C=O) groups excluding carboxylic acids is 1. The van der Waals surface area contributed by atoms with Crippen LogP contribution >= 0.6 is 0 Å². The van der Waals surface area contributed by atoms with Crippen molar-refractivity contribution in [2.75, 3.05) is 31.9 Å². The highest BCUT2D eigenvalue weighted by atomic mass is 32.2. The third kappa shape index (κ3) is 3.90. The minimum absolute atomic E-state index is 0.0531. The van der Waals surface area contributed by atoms with Crippen molar-refractivity contribution in [3.8, 4) is 0 Å². The van der Waals surface area contributed by atoms with Gasteiger partial charge in [0.1, 0.15) is 0 Å². The highest BCUT2D eigenvalue weighted by molar-refractivity contribution is 7.89. The molecule has 19 heavy (non-hydrogen) atoms. The molecule has 2 aliphatic rings. The van der Waals surface area contributed by atoms with Gasteiger partial charge in [-0.1, -0.05) is 6.92 Å². The van der Waals surface area contributed by atoms with Gasteiger partial charge in [0.05, 0.1) is 5.75 Å². The molecule has 0 bridgehead atoms. The molecular weight excluding hydrogens is 266 g/mol. The number of nitrogens with zero attached hydrogens (tertiary/aromatic N) is 1. The SMILES string of the molecule is CC1CCNCC1NC(=O)CCN1CCCS1(=O)=O. The van der Waals surface area contributed by atoms with Crippen molar-refractivity contribution in [2.24, 2.45) is 5.92 Å². The summed E-state index contributed by atoms with van der Waals surface area (Å²) in [6, 6.07) is 0.163. The van der Waals surface area contributed by atoms with E-state index in [1.165, 1.54) is 4.31 Å². The smallest absolute Gasteiger partial charge is 0.221 e. The number of piperidine rings is 1. The number of nitrogens with one attached hydrogen (secondary N) is 2. The van der Waals surface area contributed by atoms with E-state index >= 15 is 0 Å². The second-order valence-electron chi connectivity index (χ2n) is 5.46. The van der Waals surface area contributed by atoms with Gasteiger partial charge in [0, 0.05) is 32.1 Å². The van der Waals surface area contributed by atoms with Crippen LogP contribution in [-0.4, -0.2) is 56.6 Å². The number of carbonyl (C=O) groups is 1. The summed E-state index contributed by atoms with van der Waals surface area (Å²) in [5.74, 6) is 0.640. The highest BCUT2D eigenvalue weighted by Gasteiger charge is 2.29. The zero-order valence-electron chi connectivity index (χ0n) is 11.4. The summed E-state index contributed by atoms with van der Waals surface area (Å²) in [6.07, 6.45) is 1.99. The van der Waals surface area contributed by atoms with E-state index in [-0.39, 0.29) is 24.1 Å². The van der Waals surface area contributed by atoms with Gasteiger partial charge in [0.25, 0.3) is 0 Å². The van der Waals surface area contributed by atoms with Crippen LogP contribution in [0.1, 0.15) is 26.2 Å². The maximum atomic E-state index is 11.9. The van der Waals surface area contributed by atoms with Crippen LogP contribution in [0.2, 0.25) is 0 Å². The molecule has 0 aliphatic carbocycles. The lowest BCUT2D eigenvalue weighted by Gasteiger charge is -2.30. The molecular formula is C12H23N3O3S. The van der Waals surface area contributed by atoms with E-state index in [2.05, 4.69) is 17.6 Å². The first kappa shape index (κ1) is 14.7. The van der Waals surface area contributed by atoms with Crippen LogP contribution in [0.4, 0.5) is 0 Å². The van der Waals surface area contributed by atoms with Crippen molar-refractivity contribution in [2.45, 2.75) is 32.2 Å². The molecule has 2 aliphatic heterocycles. The van der Waals surface area contributed by atoms with Crippen molar-refractivity contribution in [1.82, 2.24) is 14.9 Å². The maximum Gasteiger partial charge on any atom is 0.221 e. The fourth-order valence-corrected chi connectivity index (χ4v) is 4.16. The third-order valence-corrected chi connectivity index (χ3v) is 5.92. The number of rotatable bonds is 4. The predicted molar refractivity (Wildman–Crippen MR) is 73.2 cm³/mol. The minimum Gasteiger partial charge on any atom is -0.352 e. The molecule has 2 fully saturated rings. The van der Waals surface area contributed by atoms with E-state index < -0.39 is 10.0 Å². The Morgan fingerprint density at radius 3 is 2.89 bits per heavy atom. The van der Waals surface area contributed by atoms with Crippen LogP contribution in [-0.2, 0) is 14.8 Å². The van der Waals surface area contributed by atoms with Crippen LogP contribution < -0.4 is 10.6 Å². The Kier molecular flexibility index (Phi) is 4.81. The summed E-state index contributed by atoms with van der Waals surface area (Å²) in [4.78, 5) is 11.9. The molecule has 1 amide bonds. The quantitative estimate of drug-likeness (QED) is 0.733. The topological polar surface area (TPSA) is 78.5 Å². The van der Waals surface area contributed by atoms with Crippen molar-refractivity contribution in [3.63, 3.8) is 0 Å². The summed E-state index contributed by atoms with van der Waals surface area (Å²) in [5.41, 5.74) is 0. The maximum absolute atomic E-state index is 11.9. The van der Waals surface area contributed by atoms with Crippen LogP contribution in [0.5, 0.6) is 0 Å². The molecule has 2 unspecified atom stereocenters. The summed E-state index contributed by atoms with van der Waals surface area (Å²) in [6.45, 7) is 4.80. The van der Waals surface area contributed by atoms with Gasteiger partial charge in [-0.2, -0.15) is 0 Å². The molecule has 0 spiro atoms. The van der Waals surface area contributed by atoms with Gasteiger partial charge in [0.2, 0.25) is 15.9 Å². The average Bonchev–Trinajstić information content (AvgIpc) is 2.69. The Balaban J connectivity index is 1.75. The second-order valence-corrected chi connectivity index (χ2v) is 7.55. The molecule has 2 heterocycles. The molecule has 6 nitrogen and oxygen atoms in total. The molecule has 0 saturated carbocycles. The Morgan fingerprint density at radius 2 is 2.26 bits per heavy atom. The van der Waals surface area contributed by atoms with E-state index in [0.29, 0.717) is 25.4 Å². The van der Waals surface area contributed by atoms with Gasteiger partial charge < -0.3 is 10.6 Å². The molecule has 110 valence electrons. The molecule has 2 saturated heterocycles. The fraction of sp³-hybridized carbons (Fsp3) is 0.917. The molecule has 0 radical (unpaired) electrons. The number of sulfonamides is 1. The van der Waals surface area contributed by atoms with E-state index in [9.17, 15) is 13.2 Å². The Labute approximate surface area is 115 Å². The molecule has 7 heteroatoms.